The van der Waals surface area contributed by atoms with Crippen molar-refractivity contribution in [1.82, 2.24) is 0 Å². The van der Waals surface area contributed by atoms with Gasteiger partial charge in [0.1, 0.15) is 5.75 Å². The molecule has 0 saturated carbocycles. The molecule has 2 nitrogen and oxygen atoms in total. The Hall–Kier alpha value is -1.02. The summed E-state index contributed by atoms with van der Waals surface area (Å²) in [5.41, 5.74) is 2.55. The first-order valence-electron chi connectivity index (χ1n) is 5.52. The fourth-order valence-corrected chi connectivity index (χ4v) is 1.84. The van der Waals surface area contributed by atoms with E-state index in [1.807, 2.05) is 6.07 Å². The minimum Gasteiger partial charge on any atom is -0.496 e. The number of ether oxygens (including phenoxy) is 2. The van der Waals surface area contributed by atoms with Crippen molar-refractivity contribution < 1.29 is 9.47 Å². The van der Waals surface area contributed by atoms with E-state index >= 15 is 0 Å². The van der Waals surface area contributed by atoms with E-state index in [-0.39, 0.29) is 6.10 Å². The minimum atomic E-state index is 0.249. The molecule has 1 aromatic carbocycles. The van der Waals surface area contributed by atoms with Crippen molar-refractivity contribution in [3.05, 3.63) is 29.3 Å². The third-order valence-electron chi connectivity index (χ3n) is 2.97. The zero-order valence-electron chi connectivity index (χ0n) is 9.62. The van der Waals surface area contributed by atoms with E-state index in [1.54, 1.807) is 7.11 Å². The van der Waals surface area contributed by atoms with Gasteiger partial charge in [0.25, 0.3) is 0 Å². The van der Waals surface area contributed by atoms with Gasteiger partial charge in [0.15, 0.2) is 0 Å². The highest BCUT2D eigenvalue weighted by atomic mass is 16.5. The summed E-state index contributed by atoms with van der Waals surface area (Å²) >= 11 is 0. The molecule has 1 aliphatic rings. The standard InChI is InChI=1S/C13H18O2/c1-9(2)10-4-5-12(14-3)11(8-10)13-6-7-15-13/h4-5,8-9,13H,6-7H2,1-3H3. The van der Waals surface area contributed by atoms with Crippen LogP contribution in [0.2, 0.25) is 0 Å². The van der Waals surface area contributed by atoms with Crippen molar-refractivity contribution in [2.45, 2.75) is 32.3 Å². The molecule has 1 aromatic rings. The van der Waals surface area contributed by atoms with E-state index in [0.29, 0.717) is 5.92 Å². The monoisotopic (exact) mass is 206 g/mol. The number of methoxy groups -OCH3 is 1. The largest absolute Gasteiger partial charge is 0.496 e. The van der Waals surface area contributed by atoms with E-state index in [4.69, 9.17) is 9.47 Å². The predicted octanol–water partition coefficient (Wildman–Crippen LogP) is 3.28. The Labute approximate surface area is 91.2 Å². The van der Waals surface area contributed by atoms with Crippen LogP contribution in [0.15, 0.2) is 18.2 Å². The van der Waals surface area contributed by atoms with E-state index in [1.165, 1.54) is 11.1 Å². The third-order valence-corrected chi connectivity index (χ3v) is 2.97. The van der Waals surface area contributed by atoms with Gasteiger partial charge in [-0.1, -0.05) is 19.9 Å². The molecule has 0 radical (unpaired) electrons. The van der Waals surface area contributed by atoms with Gasteiger partial charge in [-0.3, -0.25) is 0 Å². The fourth-order valence-electron chi connectivity index (χ4n) is 1.84. The molecule has 15 heavy (non-hydrogen) atoms. The average molecular weight is 206 g/mol. The Morgan fingerprint density at radius 1 is 1.40 bits per heavy atom. The van der Waals surface area contributed by atoms with E-state index in [2.05, 4.69) is 26.0 Å². The van der Waals surface area contributed by atoms with Gasteiger partial charge in [-0.15, -0.1) is 0 Å². The van der Waals surface area contributed by atoms with Crippen molar-refractivity contribution in [3.8, 4) is 5.75 Å². The Morgan fingerprint density at radius 3 is 2.60 bits per heavy atom. The molecule has 1 atom stereocenters. The molecule has 82 valence electrons. The number of benzene rings is 1. The summed E-state index contributed by atoms with van der Waals surface area (Å²) in [4.78, 5) is 0. The molecule has 1 heterocycles. The normalized spacial score (nSPS) is 20.1. The topological polar surface area (TPSA) is 18.5 Å². The third kappa shape index (κ3) is 2.00. The van der Waals surface area contributed by atoms with Gasteiger partial charge in [0.05, 0.1) is 19.8 Å². The van der Waals surface area contributed by atoms with Gasteiger partial charge in [-0.2, -0.15) is 0 Å². The van der Waals surface area contributed by atoms with Gasteiger partial charge in [-0.05, 0) is 23.6 Å². The van der Waals surface area contributed by atoms with Gasteiger partial charge in [0.2, 0.25) is 0 Å². The van der Waals surface area contributed by atoms with Gasteiger partial charge < -0.3 is 9.47 Å². The van der Waals surface area contributed by atoms with Crippen LogP contribution >= 0.6 is 0 Å². The maximum absolute atomic E-state index is 5.51. The Kier molecular flexibility index (Phi) is 2.96. The molecule has 1 saturated heterocycles. The van der Waals surface area contributed by atoms with Crippen molar-refractivity contribution in [3.63, 3.8) is 0 Å². The Morgan fingerprint density at radius 2 is 2.13 bits per heavy atom. The molecular weight excluding hydrogens is 188 g/mol. The Balaban J connectivity index is 2.33. The van der Waals surface area contributed by atoms with Gasteiger partial charge >= 0.3 is 0 Å². The van der Waals surface area contributed by atoms with Crippen LogP contribution in [-0.2, 0) is 4.74 Å². The summed E-state index contributed by atoms with van der Waals surface area (Å²) in [5, 5.41) is 0. The maximum atomic E-state index is 5.51. The van der Waals surface area contributed by atoms with Crippen molar-refractivity contribution >= 4 is 0 Å². The number of hydrogen-bond donors (Lipinski definition) is 0. The lowest BCUT2D eigenvalue weighted by atomic mass is 9.95. The van der Waals surface area contributed by atoms with Crippen LogP contribution in [0, 0.1) is 0 Å². The fraction of sp³-hybridized carbons (Fsp3) is 0.538. The summed E-state index contributed by atoms with van der Waals surface area (Å²) in [6, 6.07) is 6.39. The van der Waals surface area contributed by atoms with E-state index in [9.17, 15) is 0 Å². The summed E-state index contributed by atoms with van der Waals surface area (Å²) < 4.78 is 10.9. The molecule has 1 aliphatic heterocycles. The van der Waals surface area contributed by atoms with Gasteiger partial charge in [0, 0.05) is 12.0 Å². The molecule has 1 fully saturated rings. The van der Waals surface area contributed by atoms with E-state index < -0.39 is 0 Å². The molecule has 0 aromatic heterocycles. The molecule has 2 heteroatoms. The lowest BCUT2D eigenvalue weighted by Crippen LogP contribution is -2.19. The van der Waals surface area contributed by atoms with Crippen LogP contribution in [0.5, 0.6) is 5.75 Å². The highest BCUT2D eigenvalue weighted by molar-refractivity contribution is 5.40. The summed E-state index contributed by atoms with van der Waals surface area (Å²) in [6.07, 6.45) is 1.36. The average Bonchev–Trinajstić information content (AvgIpc) is 2.15. The first-order valence-corrected chi connectivity index (χ1v) is 5.52. The molecule has 0 bridgehead atoms. The molecule has 0 spiro atoms. The second kappa shape index (κ2) is 4.23. The van der Waals surface area contributed by atoms with Crippen LogP contribution < -0.4 is 4.74 Å². The van der Waals surface area contributed by atoms with Crippen LogP contribution in [0.3, 0.4) is 0 Å². The second-order valence-electron chi connectivity index (χ2n) is 4.30. The zero-order valence-corrected chi connectivity index (χ0v) is 9.62. The summed E-state index contributed by atoms with van der Waals surface area (Å²) in [7, 11) is 1.71. The van der Waals surface area contributed by atoms with Crippen LogP contribution in [0.25, 0.3) is 0 Å². The summed E-state index contributed by atoms with van der Waals surface area (Å²) in [6.45, 7) is 5.28. The quantitative estimate of drug-likeness (QED) is 0.755. The second-order valence-corrected chi connectivity index (χ2v) is 4.30. The molecule has 2 rings (SSSR count). The number of hydrogen-bond acceptors (Lipinski definition) is 2. The van der Waals surface area contributed by atoms with Gasteiger partial charge in [-0.25, -0.2) is 0 Å². The van der Waals surface area contributed by atoms with Crippen LogP contribution in [0.4, 0.5) is 0 Å². The zero-order chi connectivity index (χ0) is 10.8. The Bertz CT molecular complexity index is 340. The highest BCUT2D eigenvalue weighted by Gasteiger charge is 2.24. The molecule has 1 unspecified atom stereocenters. The lowest BCUT2D eigenvalue weighted by molar-refractivity contribution is -0.0538. The van der Waals surface area contributed by atoms with Crippen LogP contribution in [-0.4, -0.2) is 13.7 Å². The smallest absolute Gasteiger partial charge is 0.124 e. The van der Waals surface area contributed by atoms with Crippen LogP contribution in [0.1, 0.15) is 43.4 Å². The predicted molar refractivity (Wildman–Crippen MR) is 60.4 cm³/mol. The van der Waals surface area contributed by atoms with Crippen molar-refractivity contribution in [1.29, 1.82) is 0 Å². The highest BCUT2D eigenvalue weighted by Crippen LogP contribution is 2.37. The molecule has 0 N–H and O–H groups in total. The maximum Gasteiger partial charge on any atom is 0.124 e. The van der Waals surface area contributed by atoms with Crippen molar-refractivity contribution in [2.75, 3.05) is 13.7 Å². The van der Waals surface area contributed by atoms with Crippen molar-refractivity contribution in [2.24, 2.45) is 0 Å². The molecule has 0 amide bonds. The minimum absolute atomic E-state index is 0.249. The molecular formula is C13H18O2. The first-order chi connectivity index (χ1) is 7.22. The summed E-state index contributed by atoms with van der Waals surface area (Å²) in [5.74, 6) is 1.50. The SMILES string of the molecule is COc1ccc(C(C)C)cc1C1CCO1. The number of rotatable bonds is 3. The lowest BCUT2D eigenvalue weighted by Gasteiger charge is -2.28. The van der Waals surface area contributed by atoms with E-state index in [0.717, 1.165) is 18.8 Å². The first kappa shape index (κ1) is 10.5. The molecule has 0 aliphatic carbocycles.